The Labute approximate surface area is 127 Å². The number of hydrogen-bond donors (Lipinski definition) is 1. The number of halogens is 1. The molecule has 0 saturated heterocycles. The monoisotopic (exact) mass is 335 g/mol. The lowest BCUT2D eigenvalue weighted by Gasteiger charge is -2.25. The Morgan fingerprint density at radius 3 is 3.10 bits per heavy atom. The lowest BCUT2D eigenvalue weighted by Crippen LogP contribution is -2.35. The number of aromatic nitrogens is 2. The largest absolute Gasteiger partial charge is 0.339 e. The molecule has 1 aliphatic carbocycles. The Kier molecular flexibility index (Phi) is 4.17. The van der Waals surface area contributed by atoms with Gasteiger partial charge in [0.15, 0.2) is 5.82 Å². The van der Waals surface area contributed by atoms with Gasteiger partial charge < -0.3 is 9.84 Å². The summed E-state index contributed by atoms with van der Waals surface area (Å²) in [7, 11) is 0. The van der Waals surface area contributed by atoms with Crippen LogP contribution >= 0.6 is 15.9 Å². The van der Waals surface area contributed by atoms with Crippen molar-refractivity contribution in [3.8, 4) is 0 Å². The minimum absolute atomic E-state index is 0.549. The molecule has 2 aromatic rings. The third-order valence-corrected chi connectivity index (χ3v) is 4.23. The molecule has 5 heteroatoms. The quantitative estimate of drug-likeness (QED) is 0.933. The van der Waals surface area contributed by atoms with E-state index in [1.165, 1.54) is 22.0 Å². The van der Waals surface area contributed by atoms with E-state index in [-0.39, 0.29) is 0 Å². The number of rotatable bonds is 4. The molecule has 0 aliphatic heterocycles. The number of nitrogens with zero attached hydrogens (tertiary/aromatic N) is 2. The molecular weight excluding hydrogens is 318 g/mol. The third kappa shape index (κ3) is 3.27. The maximum atomic E-state index is 5.12. The third-order valence-electron chi connectivity index (χ3n) is 3.74. The first-order valence-electron chi connectivity index (χ1n) is 7.00. The van der Waals surface area contributed by atoms with Crippen LogP contribution in [0.3, 0.4) is 0 Å². The highest BCUT2D eigenvalue weighted by atomic mass is 79.9. The van der Waals surface area contributed by atoms with Crippen LogP contribution in [0.15, 0.2) is 27.2 Å². The van der Waals surface area contributed by atoms with Crippen LogP contribution in [-0.4, -0.2) is 22.7 Å². The van der Waals surface area contributed by atoms with Gasteiger partial charge >= 0.3 is 0 Å². The van der Waals surface area contributed by atoms with Crippen LogP contribution < -0.4 is 5.32 Å². The maximum absolute atomic E-state index is 5.12. The molecule has 0 bridgehead atoms. The second-order valence-electron chi connectivity index (χ2n) is 5.29. The summed E-state index contributed by atoms with van der Waals surface area (Å²) >= 11 is 3.54. The molecule has 20 heavy (non-hydrogen) atoms. The van der Waals surface area contributed by atoms with E-state index in [4.69, 9.17) is 4.52 Å². The molecule has 106 valence electrons. The van der Waals surface area contributed by atoms with Gasteiger partial charge in [0.05, 0.1) is 0 Å². The van der Waals surface area contributed by atoms with E-state index in [2.05, 4.69) is 49.6 Å². The Hall–Kier alpha value is -1.20. The highest BCUT2D eigenvalue weighted by molar-refractivity contribution is 9.10. The number of fused-ring (bicyclic) bond motifs is 1. The maximum Gasteiger partial charge on any atom is 0.227 e. The van der Waals surface area contributed by atoms with Crippen molar-refractivity contribution in [1.82, 2.24) is 15.5 Å². The Morgan fingerprint density at radius 1 is 1.40 bits per heavy atom. The first kappa shape index (κ1) is 13.8. The predicted molar refractivity (Wildman–Crippen MR) is 80.7 cm³/mol. The zero-order valence-corrected chi connectivity index (χ0v) is 13.1. The summed E-state index contributed by atoms with van der Waals surface area (Å²) in [5.41, 5.74) is 2.94. The number of benzene rings is 1. The second-order valence-corrected chi connectivity index (χ2v) is 6.21. The summed E-state index contributed by atoms with van der Waals surface area (Å²) in [5.74, 6) is 1.42. The molecule has 1 aromatic carbocycles. The van der Waals surface area contributed by atoms with Crippen LogP contribution in [0.4, 0.5) is 0 Å². The van der Waals surface area contributed by atoms with E-state index in [1.54, 1.807) is 0 Å². The van der Waals surface area contributed by atoms with Crippen LogP contribution in [0.2, 0.25) is 0 Å². The Bertz CT molecular complexity index is 597. The standard InChI is InChI=1S/C15H18BrN3O/c1-10-18-15(20-19-10)6-7-17-14-5-3-11-8-13(16)4-2-12(11)9-14/h2,4,8,14,17H,3,5-7,9H2,1H3. The number of hydrogen-bond acceptors (Lipinski definition) is 4. The number of nitrogens with one attached hydrogen (secondary N) is 1. The van der Waals surface area contributed by atoms with Crippen molar-refractivity contribution in [2.75, 3.05) is 6.54 Å². The smallest absolute Gasteiger partial charge is 0.227 e. The van der Waals surface area contributed by atoms with Crippen LogP contribution in [0.1, 0.15) is 29.3 Å². The lowest BCUT2D eigenvalue weighted by atomic mass is 9.88. The van der Waals surface area contributed by atoms with Crippen LogP contribution in [0, 0.1) is 6.92 Å². The van der Waals surface area contributed by atoms with E-state index in [1.807, 2.05) is 6.92 Å². The fourth-order valence-corrected chi connectivity index (χ4v) is 3.13. The van der Waals surface area contributed by atoms with Crippen molar-refractivity contribution in [3.63, 3.8) is 0 Å². The van der Waals surface area contributed by atoms with Gasteiger partial charge in [0.2, 0.25) is 5.89 Å². The summed E-state index contributed by atoms with van der Waals surface area (Å²) in [5, 5.41) is 7.40. The van der Waals surface area contributed by atoms with Crippen molar-refractivity contribution in [3.05, 3.63) is 45.5 Å². The molecule has 1 aliphatic rings. The second kappa shape index (κ2) is 6.06. The molecule has 0 amide bonds. The summed E-state index contributed by atoms with van der Waals surface area (Å²) in [6, 6.07) is 7.15. The Balaban J connectivity index is 1.51. The van der Waals surface area contributed by atoms with E-state index in [0.717, 1.165) is 31.7 Å². The molecule has 3 rings (SSSR count). The zero-order valence-electron chi connectivity index (χ0n) is 11.5. The first-order chi connectivity index (χ1) is 9.70. The normalized spacial score (nSPS) is 18.0. The van der Waals surface area contributed by atoms with Crippen LogP contribution in [0.5, 0.6) is 0 Å². The highest BCUT2D eigenvalue weighted by Gasteiger charge is 2.18. The summed E-state index contributed by atoms with van der Waals surface area (Å²) < 4.78 is 6.29. The van der Waals surface area contributed by atoms with Gasteiger partial charge in [0, 0.05) is 23.5 Å². The van der Waals surface area contributed by atoms with Crippen molar-refractivity contribution < 1.29 is 4.52 Å². The van der Waals surface area contributed by atoms with Crippen LogP contribution in [-0.2, 0) is 19.3 Å². The van der Waals surface area contributed by atoms with Gasteiger partial charge in [-0.1, -0.05) is 27.2 Å². The summed E-state index contributed by atoms with van der Waals surface area (Å²) in [6.07, 6.45) is 4.23. The van der Waals surface area contributed by atoms with Crippen LogP contribution in [0.25, 0.3) is 0 Å². The van der Waals surface area contributed by atoms with Crippen molar-refractivity contribution in [2.24, 2.45) is 0 Å². The first-order valence-corrected chi connectivity index (χ1v) is 7.80. The minimum atomic E-state index is 0.549. The molecular formula is C15H18BrN3O. The fourth-order valence-electron chi connectivity index (χ4n) is 2.72. The molecule has 1 aromatic heterocycles. The topological polar surface area (TPSA) is 51.0 Å². The average Bonchev–Trinajstić information content (AvgIpc) is 2.85. The van der Waals surface area contributed by atoms with E-state index < -0.39 is 0 Å². The molecule has 0 radical (unpaired) electrons. The van der Waals surface area contributed by atoms with Gasteiger partial charge in [-0.05, 0) is 49.4 Å². The zero-order chi connectivity index (χ0) is 13.9. The molecule has 1 heterocycles. The van der Waals surface area contributed by atoms with E-state index >= 15 is 0 Å². The average molecular weight is 336 g/mol. The van der Waals surface area contributed by atoms with Crippen molar-refractivity contribution >= 4 is 15.9 Å². The lowest BCUT2D eigenvalue weighted by molar-refractivity contribution is 0.365. The van der Waals surface area contributed by atoms with Crippen molar-refractivity contribution in [1.29, 1.82) is 0 Å². The van der Waals surface area contributed by atoms with Crippen molar-refractivity contribution in [2.45, 2.75) is 38.6 Å². The van der Waals surface area contributed by atoms with Gasteiger partial charge in [-0.3, -0.25) is 0 Å². The molecule has 1 unspecified atom stereocenters. The van der Waals surface area contributed by atoms with E-state index in [9.17, 15) is 0 Å². The summed E-state index contributed by atoms with van der Waals surface area (Å²) in [6.45, 7) is 2.73. The molecule has 1 N–H and O–H groups in total. The Morgan fingerprint density at radius 2 is 2.30 bits per heavy atom. The molecule has 0 spiro atoms. The van der Waals surface area contributed by atoms with Gasteiger partial charge in [-0.2, -0.15) is 4.98 Å². The van der Waals surface area contributed by atoms with Gasteiger partial charge in [-0.15, -0.1) is 0 Å². The minimum Gasteiger partial charge on any atom is -0.339 e. The molecule has 0 fully saturated rings. The van der Waals surface area contributed by atoms with Gasteiger partial charge in [-0.25, -0.2) is 0 Å². The molecule has 0 saturated carbocycles. The molecule has 4 nitrogen and oxygen atoms in total. The van der Waals surface area contributed by atoms with E-state index in [0.29, 0.717) is 11.9 Å². The van der Waals surface area contributed by atoms with Gasteiger partial charge in [0.1, 0.15) is 0 Å². The number of aryl methyl sites for hydroxylation is 2. The summed E-state index contributed by atoms with van der Waals surface area (Å²) in [4.78, 5) is 4.22. The highest BCUT2D eigenvalue weighted by Crippen LogP contribution is 2.24. The predicted octanol–water partition coefficient (Wildman–Crippen LogP) is 2.83. The van der Waals surface area contributed by atoms with Gasteiger partial charge in [0.25, 0.3) is 0 Å². The SMILES string of the molecule is Cc1noc(CCNC2CCc3cc(Br)ccc3C2)n1. The fraction of sp³-hybridized carbons (Fsp3) is 0.467. The molecule has 1 atom stereocenters.